The van der Waals surface area contributed by atoms with Crippen LogP contribution in [0.2, 0.25) is 5.15 Å². The van der Waals surface area contributed by atoms with E-state index in [-0.39, 0.29) is 10.7 Å². The molecule has 0 aliphatic rings. The summed E-state index contributed by atoms with van der Waals surface area (Å²) in [6, 6.07) is 9.26. The number of rotatable bonds is 2. The van der Waals surface area contributed by atoms with E-state index in [4.69, 9.17) is 11.6 Å². The van der Waals surface area contributed by atoms with Crippen molar-refractivity contribution in [1.82, 2.24) is 14.8 Å². The fourth-order valence-electron chi connectivity index (χ4n) is 1.93. The Hall–Kier alpha value is -2.40. The van der Waals surface area contributed by atoms with Crippen LogP contribution in [0.3, 0.4) is 0 Å². The number of para-hydroxylation sites is 1. The van der Waals surface area contributed by atoms with Crippen LogP contribution >= 0.6 is 11.6 Å². The summed E-state index contributed by atoms with van der Waals surface area (Å²) in [6.07, 6.45) is 2.76. The Labute approximate surface area is 113 Å². The molecule has 0 radical (unpaired) electrons. The van der Waals surface area contributed by atoms with Gasteiger partial charge in [-0.05, 0) is 12.1 Å². The van der Waals surface area contributed by atoms with E-state index in [0.717, 1.165) is 5.69 Å². The van der Waals surface area contributed by atoms with Gasteiger partial charge in [-0.1, -0.05) is 29.8 Å². The molecule has 1 N–H and O–H groups in total. The predicted octanol–water partition coefficient (Wildman–Crippen LogP) is 2.77. The maximum atomic E-state index is 11.3. The number of aromatic nitrogens is 3. The van der Waals surface area contributed by atoms with Gasteiger partial charge in [-0.2, -0.15) is 5.10 Å². The molecule has 0 unspecified atom stereocenters. The van der Waals surface area contributed by atoms with Crippen LogP contribution in [0.1, 0.15) is 10.4 Å². The topological polar surface area (TPSA) is 68.0 Å². The van der Waals surface area contributed by atoms with Crippen molar-refractivity contribution in [1.29, 1.82) is 0 Å². The van der Waals surface area contributed by atoms with Crippen molar-refractivity contribution in [3.8, 4) is 5.69 Å². The van der Waals surface area contributed by atoms with Crippen molar-refractivity contribution in [3.63, 3.8) is 0 Å². The molecule has 0 bridgehead atoms. The Morgan fingerprint density at radius 1 is 1.21 bits per heavy atom. The Morgan fingerprint density at radius 2 is 1.95 bits per heavy atom. The fourth-order valence-corrected chi connectivity index (χ4v) is 2.12. The van der Waals surface area contributed by atoms with Gasteiger partial charge in [0.05, 0.1) is 22.8 Å². The Bertz CT molecular complexity index is 768. The van der Waals surface area contributed by atoms with Gasteiger partial charge in [0.1, 0.15) is 10.7 Å². The zero-order chi connectivity index (χ0) is 13.4. The van der Waals surface area contributed by atoms with Crippen molar-refractivity contribution in [3.05, 3.63) is 53.4 Å². The third kappa shape index (κ3) is 1.84. The molecular formula is C13H8ClN3O2. The second kappa shape index (κ2) is 4.37. The minimum Gasteiger partial charge on any atom is -0.478 e. The van der Waals surface area contributed by atoms with Crippen molar-refractivity contribution >= 4 is 28.5 Å². The molecule has 1 aromatic carbocycles. The molecule has 5 nitrogen and oxygen atoms in total. The molecule has 0 aliphatic carbocycles. The quantitative estimate of drug-likeness (QED) is 0.729. The highest BCUT2D eigenvalue weighted by molar-refractivity contribution is 6.34. The number of nitrogens with zero attached hydrogens (tertiary/aromatic N) is 3. The van der Waals surface area contributed by atoms with Crippen molar-refractivity contribution in [2.24, 2.45) is 0 Å². The number of halogens is 1. The number of carboxylic acid groups (broad SMARTS) is 1. The van der Waals surface area contributed by atoms with E-state index >= 15 is 0 Å². The minimum atomic E-state index is -1.06. The third-order valence-corrected chi connectivity index (χ3v) is 3.09. The largest absolute Gasteiger partial charge is 0.478 e. The summed E-state index contributed by atoms with van der Waals surface area (Å²) in [5, 5.41) is 14.2. The van der Waals surface area contributed by atoms with E-state index in [1.165, 1.54) is 12.4 Å². The number of hydrogen-bond acceptors (Lipinski definition) is 3. The molecule has 0 atom stereocenters. The SMILES string of the molecule is O=C(O)c1cnc(Cl)c2cnn(-c3ccccc3)c12. The monoisotopic (exact) mass is 273 g/mol. The number of benzene rings is 1. The third-order valence-electron chi connectivity index (χ3n) is 2.78. The second-order valence-corrected chi connectivity index (χ2v) is 4.28. The number of carboxylic acids is 1. The lowest BCUT2D eigenvalue weighted by atomic mass is 10.2. The fraction of sp³-hybridized carbons (Fsp3) is 0. The average molecular weight is 274 g/mol. The summed E-state index contributed by atoms with van der Waals surface area (Å²) in [4.78, 5) is 15.2. The van der Waals surface area contributed by atoms with Crippen LogP contribution in [0.15, 0.2) is 42.7 Å². The molecule has 0 spiro atoms. The van der Waals surface area contributed by atoms with Crippen LogP contribution in [0.5, 0.6) is 0 Å². The lowest BCUT2D eigenvalue weighted by molar-refractivity contribution is 0.0698. The first kappa shape index (κ1) is 11.7. The molecule has 0 fully saturated rings. The van der Waals surface area contributed by atoms with Crippen molar-refractivity contribution in [2.75, 3.05) is 0 Å². The van der Waals surface area contributed by atoms with Crippen LogP contribution in [-0.2, 0) is 0 Å². The van der Waals surface area contributed by atoms with E-state index < -0.39 is 5.97 Å². The molecular weight excluding hydrogens is 266 g/mol. The van der Waals surface area contributed by atoms with Crippen LogP contribution in [0.25, 0.3) is 16.6 Å². The molecule has 0 aliphatic heterocycles. The highest BCUT2D eigenvalue weighted by Crippen LogP contribution is 2.26. The van der Waals surface area contributed by atoms with E-state index in [1.54, 1.807) is 4.68 Å². The van der Waals surface area contributed by atoms with Crippen LogP contribution in [0.4, 0.5) is 0 Å². The maximum absolute atomic E-state index is 11.3. The van der Waals surface area contributed by atoms with Crippen molar-refractivity contribution < 1.29 is 9.90 Å². The molecule has 19 heavy (non-hydrogen) atoms. The molecule has 94 valence electrons. The number of pyridine rings is 1. The van der Waals surface area contributed by atoms with Gasteiger partial charge in [0.15, 0.2) is 0 Å². The lowest BCUT2D eigenvalue weighted by Crippen LogP contribution is -2.04. The molecule has 0 saturated carbocycles. The predicted molar refractivity (Wildman–Crippen MR) is 70.8 cm³/mol. The van der Waals surface area contributed by atoms with E-state index in [0.29, 0.717) is 10.9 Å². The van der Waals surface area contributed by atoms with Crippen molar-refractivity contribution in [2.45, 2.75) is 0 Å². The molecule has 3 aromatic rings. The van der Waals surface area contributed by atoms with Gasteiger partial charge < -0.3 is 5.11 Å². The molecule has 2 aromatic heterocycles. The smallest absolute Gasteiger partial charge is 0.339 e. The van der Waals surface area contributed by atoms with Gasteiger partial charge in [-0.3, -0.25) is 0 Å². The zero-order valence-corrected chi connectivity index (χ0v) is 10.4. The number of fused-ring (bicyclic) bond motifs is 1. The van der Waals surface area contributed by atoms with E-state index in [1.807, 2.05) is 30.3 Å². The van der Waals surface area contributed by atoms with Gasteiger partial charge in [0.25, 0.3) is 0 Å². The molecule has 0 amide bonds. The molecule has 2 heterocycles. The van der Waals surface area contributed by atoms with E-state index in [9.17, 15) is 9.90 Å². The summed E-state index contributed by atoms with van der Waals surface area (Å²) in [6.45, 7) is 0. The van der Waals surface area contributed by atoms with E-state index in [2.05, 4.69) is 10.1 Å². The average Bonchev–Trinajstić information content (AvgIpc) is 2.85. The minimum absolute atomic E-state index is 0.0701. The van der Waals surface area contributed by atoms with Crippen LogP contribution < -0.4 is 0 Å². The number of carbonyl (C=O) groups is 1. The van der Waals surface area contributed by atoms with Gasteiger partial charge in [0.2, 0.25) is 0 Å². The maximum Gasteiger partial charge on any atom is 0.339 e. The van der Waals surface area contributed by atoms with Crippen LogP contribution in [0, 0.1) is 0 Å². The highest BCUT2D eigenvalue weighted by atomic mass is 35.5. The Kier molecular flexibility index (Phi) is 2.68. The van der Waals surface area contributed by atoms with Gasteiger partial charge in [0, 0.05) is 6.20 Å². The zero-order valence-electron chi connectivity index (χ0n) is 9.62. The van der Waals surface area contributed by atoms with Crippen LogP contribution in [-0.4, -0.2) is 25.8 Å². The van der Waals surface area contributed by atoms with Gasteiger partial charge >= 0.3 is 5.97 Å². The van der Waals surface area contributed by atoms with Gasteiger partial charge in [-0.25, -0.2) is 14.5 Å². The van der Waals surface area contributed by atoms with Gasteiger partial charge in [-0.15, -0.1) is 0 Å². The molecule has 3 rings (SSSR count). The first-order valence-corrected chi connectivity index (χ1v) is 5.87. The molecule has 0 saturated heterocycles. The number of hydrogen-bond donors (Lipinski definition) is 1. The first-order chi connectivity index (χ1) is 9.18. The Balaban J connectivity index is 2.39. The highest BCUT2D eigenvalue weighted by Gasteiger charge is 2.17. The first-order valence-electron chi connectivity index (χ1n) is 5.49. The standard InChI is InChI=1S/C13H8ClN3O2/c14-12-9-7-16-17(8-4-2-1-3-5-8)11(9)10(6-15-12)13(18)19/h1-7H,(H,18,19). The normalized spacial score (nSPS) is 10.8. The molecule has 6 heteroatoms. The summed E-state index contributed by atoms with van der Waals surface area (Å²) in [5.74, 6) is -1.06. The second-order valence-electron chi connectivity index (χ2n) is 3.92. The Morgan fingerprint density at radius 3 is 2.63 bits per heavy atom. The summed E-state index contributed by atoms with van der Waals surface area (Å²) in [7, 11) is 0. The summed E-state index contributed by atoms with van der Waals surface area (Å²) < 4.78 is 1.55. The lowest BCUT2D eigenvalue weighted by Gasteiger charge is -2.05. The number of aromatic carboxylic acids is 1. The summed E-state index contributed by atoms with van der Waals surface area (Å²) in [5.41, 5.74) is 1.28. The summed E-state index contributed by atoms with van der Waals surface area (Å²) >= 11 is 5.98.